The van der Waals surface area contributed by atoms with Crippen molar-refractivity contribution in [2.45, 2.75) is 64.6 Å². The van der Waals surface area contributed by atoms with Crippen LogP contribution >= 0.6 is 11.6 Å². The zero-order valence-corrected chi connectivity index (χ0v) is 19.9. The second kappa shape index (κ2) is 10.1. The van der Waals surface area contributed by atoms with Crippen molar-refractivity contribution in [2.24, 2.45) is 0 Å². The molecule has 4 atom stereocenters. The van der Waals surface area contributed by atoms with E-state index in [1.165, 1.54) is 27.1 Å². The van der Waals surface area contributed by atoms with E-state index in [1.807, 2.05) is 0 Å². The van der Waals surface area contributed by atoms with Gasteiger partial charge in [-0.05, 0) is 30.9 Å². The molecule has 0 N–H and O–H groups in total. The summed E-state index contributed by atoms with van der Waals surface area (Å²) < 4.78 is 23.7. The van der Waals surface area contributed by atoms with Gasteiger partial charge in [-0.25, -0.2) is 4.98 Å². The third kappa shape index (κ3) is 5.07. The standard InChI is InChI=1S/C21H26ClN5O7/c1-11(28)32-14-9-31-20(17(34-13(3)30)16(14)33-12(2)29)27-10-23-15-18(24-21(22)25-19(15)27)26-7-5-4-6-8-26/h10,14,16-17,20H,4-9H2,1-3H3/t14-,16+,17+,20-/m0/s1. The van der Waals surface area contributed by atoms with Crippen LogP contribution < -0.4 is 4.90 Å². The first kappa shape index (κ1) is 24.1. The summed E-state index contributed by atoms with van der Waals surface area (Å²) in [5.41, 5.74) is 0.887. The molecule has 0 aromatic carbocycles. The number of aromatic nitrogens is 4. The number of rotatable bonds is 5. The van der Waals surface area contributed by atoms with Gasteiger partial charge in [-0.2, -0.15) is 9.97 Å². The van der Waals surface area contributed by atoms with Crippen molar-refractivity contribution in [3.05, 3.63) is 11.6 Å². The molecule has 0 spiro atoms. The zero-order valence-electron chi connectivity index (χ0n) is 19.1. The summed E-state index contributed by atoms with van der Waals surface area (Å²) in [6.45, 7) is 5.19. The van der Waals surface area contributed by atoms with E-state index in [2.05, 4.69) is 19.9 Å². The number of piperidine rings is 1. The van der Waals surface area contributed by atoms with Gasteiger partial charge in [-0.1, -0.05) is 0 Å². The Morgan fingerprint density at radius 1 is 0.971 bits per heavy atom. The molecule has 13 heteroatoms. The highest BCUT2D eigenvalue weighted by atomic mass is 35.5. The van der Waals surface area contributed by atoms with E-state index in [0.29, 0.717) is 17.0 Å². The fourth-order valence-electron chi connectivity index (χ4n) is 4.35. The minimum atomic E-state index is -1.15. The second-order valence-corrected chi connectivity index (χ2v) is 8.55. The van der Waals surface area contributed by atoms with E-state index in [9.17, 15) is 14.4 Å². The Morgan fingerprint density at radius 3 is 2.26 bits per heavy atom. The Labute approximate surface area is 200 Å². The Balaban J connectivity index is 1.76. The van der Waals surface area contributed by atoms with E-state index in [1.54, 1.807) is 4.57 Å². The number of imidazole rings is 1. The van der Waals surface area contributed by atoms with E-state index in [0.717, 1.165) is 32.4 Å². The summed E-state index contributed by atoms with van der Waals surface area (Å²) in [5, 5.41) is 0.0315. The first-order chi connectivity index (χ1) is 16.2. The van der Waals surface area contributed by atoms with Crippen LogP contribution in [0.2, 0.25) is 5.28 Å². The number of fused-ring (bicyclic) bond motifs is 1. The van der Waals surface area contributed by atoms with Gasteiger partial charge in [-0.3, -0.25) is 19.0 Å². The van der Waals surface area contributed by atoms with Gasteiger partial charge in [0, 0.05) is 33.9 Å². The maximum atomic E-state index is 12.0. The molecule has 4 heterocycles. The van der Waals surface area contributed by atoms with Crippen LogP contribution in [0.1, 0.15) is 46.3 Å². The van der Waals surface area contributed by atoms with Gasteiger partial charge >= 0.3 is 17.9 Å². The smallest absolute Gasteiger partial charge is 0.303 e. The van der Waals surface area contributed by atoms with Crippen molar-refractivity contribution in [1.29, 1.82) is 0 Å². The number of carbonyl (C=O) groups excluding carboxylic acids is 3. The van der Waals surface area contributed by atoms with E-state index in [-0.39, 0.29) is 11.9 Å². The Bertz CT molecular complexity index is 1090. The molecule has 2 saturated heterocycles. The fourth-order valence-corrected chi connectivity index (χ4v) is 4.51. The Morgan fingerprint density at radius 2 is 1.62 bits per heavy atom. The highest BCUT2D eigenvalue weighted by Gasteiger charge is 2.48. The molecular formula is C21H26ClN5O7. The highest BCUT2D eigenvalue weighted by molar-refractivity contribution is 6.28. The number of carbonyl (C=O) groups is 3. The maximum absolute atomic E-state index is 12.0. The number of nitrogens with zero attached hydrogens (tertiary/aromatic N) is 5. The Hall–Kier alpha value is -2.99. The molecular weight excluding hydrogens is 470 g/mol. The summed E-state index contributed by atoms with van der Waals surface area (Å²) in [6, 6.07) is 0. The lowest BCUT2D eigenvalue weighted by molar-refractivity contribution is -0.239. The Kier molecular flexibility index (Phi) is 7.17. The molecule has 0 amide bonds. The van der Waals surface area contributed by atoms with Crippen LogP contribution in [-0.4, -0.2) is 75.4 Å². The molecule has 2 aliphatic heterocycles. The highest BCUT2D eigenvalue weighted by Crippen LogP contribution is 2.34. The molecule has 0 saturated carbocycles. The van der Waals surface area contributed by atoms with Gasteiger partial charge in [0.05, 0.1) is 12.9 Å². The van der Waals surface area contributed by atoms with Crippen LogP contribution in [0.25, 0.3) is 11.2 Å². The topological polar surface area (TPSA) is 135 Å². The van der Waals surface area contributed by atoms with E-state index >= 15 is 0 Å². The van der Waals surface area contributed by atoms with Crippen molar-refractivity contribution >= 4 is 46.5 Å². The minimum Gasteiger partial charge on any atom is -0.456 e. The van der Waals surface area contributed by atoms with Crippen molar-refractivity contribution < 1.29 is 33.3 Å². The second-order valence-electron chi connectivity index (χ2n) is 8.21. The number of hydrogen-bond acceptors (Lipinski definition) is 11. The predicted octanol–water partition coefficient (Wildman–Crippen LogP) is 1.79. The molecule has 0 aliphatic carbocycles. The largest absolute Gasteiger partial charge is 0.456 e. The van der Waals surface area contributed by atoms with Crippen LogP contribution in [0.15, 0.2) is 6.33 Å². The molecule has 0 unspecified atom stereocenters. The maximum Gasteiger partial charge on any atom is 0.303 e. The summed E-state index contributed by atoms with van der Waals surface area (Å²) in [5.74, 6) is -1.24. The van der Waals surface area contributed by atoms with E-state index < -0.39 is 42.4 Å². The van der Waals surface area contributed by atoms with Gasteiger partial charge in [0.1, 0.15) is 0 Å². The third-order valence-corrected chi connectivity index (χ3v) is 5.80. The van der Waals surface area contributed by atoms with Crippen LogP contribution in [0.3, 0.4) is 0 Å². The molecule has 0 radical (unpaired) electrons. The molecule has 12 nitrogen and oxygen atoms in total. The molecule has 2 aromatic heterocycles. The first-order valence-electron chi connectivity index (χ1n) is 11.0. The van der Waals surface area contributed by atoms with Gasteiger partial charge in [-0.15, -0.1) is 0 Å². The van der Waals surface area contributed by atoms with Crippen LogP contribution in [0.4, 0.5) is 5.82 Å². The molecule has 34 heavy (non-hydrogen) atoms. The van der Waals surface area contributed by atoms with Crippen LogP contribution in [0.5, 0.6) is 0 Å². The molecule has 184 valence electrons. The quantitative estimate of drug-likeness (QED) is 0.341. The number of anilines is 1. The van der Waals surface area contributed by atoms with Crippen molar-refractivity contribution in [1.82, 2.24) is 19.5 Å². The average molecular weight is 496 g/mol. The van der Waals surface area contributed by atoms with E-state index in [4.69, 9.17) is 30.5 Å². The molecule has 2 fully saturated rings. The summed E-state index contributed by atoms with van der Waals surface area (Å²) >= 11 is 6.27. The van der Waals surface area contributed by atoms with Crippen LogP contribution in [0, 0.1) is 0 Å². The summed E-state index contributed by atoms with van der Waals surface area (Å²) in [4.78, 5) is 50.8. The molecule has 2 aliphatic rings. The average Bonchev–Trinajstić information content (AvgIpc) is 3.18. The number of ether oxygens (including phenoxy) is 4. The lowest BCUT2D eigenvalue weighted by Gasteiger charge is -2.40. The number of hydrogen-bond donors (Lipinski definition) is 0. The summed E-state index contributed by atoms with van der Waals surface area (Å²) in [6.07, 6.45) is 0.487. The van der Waals surface area contributed by atoms with Crippen molar-refractivity contribution in [3.8, 4) is 0 Å². The summed E-state index contributed by atoms with van der Waals surface area (Å²) in [7, 11) is 0. The monoisotopic (exact) mass is 495 g/mol. The van der Waals surface area contributed by atoms with Gasteiger partial charge < -0.3 is 23.8 Å². The zero-order chi connectivity index (χ0) is 24.4. The molecule has 4 rings (SSSR count). The normalized spacial score (nSPS) is 25.1. The molecule has 0 bridgehead atoms. The lowest BCUT2D eigenvalue weighted by Crippen LogP contribution is -2.55. The van der Waals surface area contributed by atoms with Gasteiger partial charge in [0.15, 0.2) is 41.5 Å². The molecule has 2 aromatic rings. The SMILES string of the molecule is CC(=O)O[C@@H]1[C@H](OC(C)=O)[C@@H](OC(C)=O)CO[C@@H]1n1cnc2c(N3CCCCC3)nc(Cl)nc21. The minimum absolute atomic E-state index is 0.0315. The number of halogens is 1. The fraction of sp³-hybridized carbons (Fsp3) is 0.619. The van der Waals surface area contributed by atoms with Crippen LogP contribution in [-0.2, 0) is 33.3 Å². The van der Waals surface area contributed by atoms with Crippen molar-refractivity contribution in [3.63, 3.8) is 0 Å². The van der Waals surface area contributed by atoms with Crippen molar-refractivity contribution in [2.75, 3.05) is 24.6 Å². The van der Waals surface area contributed by atoms with Gasteiger partial charge in [0.2, 0.25) is 5.28 Å². The lowest BCUT2D eigenvalue weighted by atomic mass is 10.0. The first-order valence-corrected chi connectivity index (χ1v) is 11.4. The third-order valence-electron chi connectivity index (χ3n) is 5.63. The predicted molar refractivity (Wildman–Crippen MR) is 118 cm³/mol. The van der Waals surface area contributed by atoms with Gasteiger partial charge in [0.25, 0.3) is 0 Å². The number of esters is 3.